The van der Waals surface area contributed by atoms with Crippen LogP contribution in [0.4, 0.5) is 5.69 Å². The summed E-state index contributed by atoms with van der Waals surface area (Å²) in [6.07, 6.45) is 0.958. The van der Waals surface area contributed by atoms with Crippen molar-refractivity contribution in [3.63, 3.8) is 0 Å². The Morgan fingerprint density at radius 3 is 2.71 bits per heavy atom. The van der Waals surface area contributed by atoms with Crippen LogP contribution >= 0.6 is 0 Å². The van der Waals surface area contributed by atoms with Gasteiger partial charge in [-0.3, -0.25) is 14.9 Å². The Bertz CT molecular complexity index is 385. The zero-order valence-electron chi connectivity index (χ0n) is 6.82. The van der Waals surface area contributed by atoms with Crippen molar-refractivity contribution in [2.24, 2.45) is 16.2 Å². The molecule has 1 aromatic rings. The van der Waals surface area contributed by atoms with Gasteiger partial charge < -0.3 is 5.84 Å². The zero-order valence-corrected chi connectivity index (χ0v) is 6.82. The van der Waals surface area contributed by atoms with E-state index in [0.717, 1.165) is 12.3 Å². The van der Waals surface area contributed by atoms with E-state index in [1.807, 2.05) is 0 Å². The standard InChI is InChI=1S/C6H5N5O3/c7-10-9-6(12)5-2-1-4(3-8-5)11(13)14/h1-3H,(H2,7,9,12). The highest BCUT2D eigenvalue weighted by Crippen LogP contribution is 2.09. The number of hydrogen-bond acceptors (Lipinski definition) is 5. The number of carbonyl (C=O) groups is 1. The van der Waals surface area contributed by atoms with E-state index < -0.39 is 10.8 Å². The van der Waals surface area contributed by atoms with E-state index in [-0.39, 0.29) is 11.4 Å². The van der Waals surface area contributed by atoms with Gasteiger partial charge in [-0.25, -0.2) is 4.98 Å². The summed E-state index contributed by atoms with van der Waals surface area (Å²) in [6, 6.07) is 2.32. The smallest absolute Gasteiger partial charge is 0.304 e. The van der Waals surface area contributed by atoms with Gasteiger partial charge in [0.15, 0.2) is 0 Å². The maximum Gasteiger partial charge on any atom is 0.315 e. The first kappa shape index (κ1) is 9.71. The van der Waals surface area contributed by atoms with E-state index in [1.54, 1.807) is 0 Å². The van der Waals surface area contributed by atoms with Crippen molar-refractivity contribution < 1.29 is 9.72 Å². The normalized spacial score (nSPS) is 10.3. The first-order chi connectivity index (χ1) is 6.65. The van der Waals surface area contributed by atoms with Gasteiger partial charge in [0.25, 0.3) is 5.69 Å². The van der Waals surface area contributed by atoms with Gasteiger partial charge in [-0.15, -0.1) is 0 Å². The lowest BCUT2D eigenvalue weighted by Gasteiger charge is -1.92. The van der Waals surface area contributed by atoms with Crippen LogP contribution in [0.15, 0.2) is 28.7 Å². The molecular formula is C6H5N5O3. The highest BCUT2D eigenvalue weighted by molar-refractivity contribution is 5.92. The average Bonchev–Trinajstić information content (AvgIpc) is 2.18. The number of nitrogens with zero attached hydrogens (tertiary/aromatic N) is 4. The molecule has 0 saturated heterocycles. The molecule has 8 nitrogen and oxygen atoms in total. The van der Waals surface area contributed by atoms with Gasteiger partial charge in [-0.1, -0.05) is 10.3 Å². The first-order valence-electron chi connectivity index (χ1n) is 3.41. The van der Waals surface area contributed by atoms with Crippen molar-refractivity contribution in [2.45, 2.75) is 0 Å². The molecule has 72 valence electrons. The van der Waals surface area contributed by atoms with Gasteiger partial charge in [0.1, 0.15) is 11.9 Å². The molecule has 0 fully saturated rings. The van der Waals surface area contributed by atoms with Gasteiger partial charge in [0, 0.05) is 6.07 Å². The SMILES string of the molecule is NN=NC(=O)c1ccc([N+](=O)[O-])cn1. The molecule has 0 spiro atoms. The molecule has 1 amide bonds. The van der Waals surface area contributed by atoms with Gasteiger partial charge in [-0.2, -0.15) is 0 Å². The number of pyridine rings is 1. The fourth-order valence-electron chi connectivity index (χ4n) is 0.724. The van der Waals surface area contributed by atoms with E-state index in [1.165, 1.54) is 6.07 Å². The third-order valence-corrected chi connectivity index (χ3v) is 1.33. The third-order valence-electron chi connectivity index (χ3n) is 1.33. The van der Waals surface area contributed by atoms with Crippen LogP contribution < -0.4 is 5.84 Å². The largest absolute Gasteiger partial charge is 0.315 e. The summed E-state index contributed by atoms with van der Waals surface area (Å²) >= 11 is 0. The van der Waals surface area contributed by atoms with Crippen LogP contribution in [-0.4, -0.2) is 15.8 Å². The van der Waals surface area contributed by atoms with Crippen LogP contribution in [0.25, 0.3) is 0 Å². The molecule has 0 aromatic carbocycles. The number of carbonyl (C=O) groups excluding carboxylic acids is 1. The van der Waals surface area contributed by atoms with Crippen LogP contribution in [0.1, 0.15) is 10.5 Å². The Hall–Kier alpha value is -2.38. The van der Waals surface area contributed by atoms with Crippen molar-refractivity contribution in [1.29, 1.82) is 0 Å². The van der Waals surface area contributed by atoms with E-state index in [9.17, 15) is 14.9 Å². The number of nitro groups is 1. The first-order valence-corrected chi connectivity index (χ1v) is 3.41. The number of aromatic nitrogens is 1. The monoisotopic (exact) mass is 195 g/mol. The minimum absolute atomic E-state index is 0.0511. The summed E-state index contributed by atoms with van der Waals surface area (Å²) in [7, 11) is 0. The van der Waals surface area contributed by atoms with Gasteiger partial charge in [0.2, 0.25) is 0 Å². The lowest BCUT2D eigenvalue weighted by molar-refractivity contribution is -0.385. The van der Waals surface area contributed by atoms with Gasteiger partial charge in [0.05, 0.1) is 4.92 Å². The predicted molar refractivity (Wildman–Crippen MR) is 44.3 cm³/mol. The molecule has 0 radical (unpaired) electrons. The molecule has 0 aliphatic carbocycles. The van der Waals surface area contributed by atoms with E-state index >= 15 is 0 Å². The van der Waals surface area contributed by atoms with Crippen LogP contribution in [0.2, 0.25) is 0 Å². The fourth-order valence-corrected chi connectivity index (χ4v) is 0.724. The van der Waals surface area contributed by atoms with Gasteiger partial charge in [-0.05, 0) is 6.07 Å². The Labute approximate surface area is 77.6 Å². The molecule has 1 rings (SSSR count). The lowest BCUT2D eigenvalue weighted by atomic mass is 10.3. The summed E-state index contributed by atoms with van der Waals surface area (Å²) in [5, 5.41) is 16.0. The molecule has 2 N–H and O–H groups in total. The maximum absolute atomic E-state index is 11.0. The molecule has 0 aliphatic rings. The van der Waals surface area contributed by atoms with Crippen LogP contribution in [0.5, 0.6) is 0 Å². The molecule has 0 bridgehead atoms. The minimum atomic E-state index is -0.748. The number of nitrogens with two attached hydrogens (primary N) is 1. The number of amides is 1. The topological polar surface area (TPSA) is 124 Å². The molecule has 0 atom stereocenters. The van der Waals surface area contributed by atoms with Gasteiger partial charge >= 0.3 is 5.91 Å². The van der Waals surface area contributed by atoms with Crippen molar-refractivity contribution in [2.75, 3.05) is 0 Å². The Morgan fingerprint density at radius 2 is 2.29 bits per heavy atom. The van der Waals surface area contributed by atoms with Crippen LogP contribution in [-0.2, 0) is 0 Å². The van der Waals surface area contributed by atoms with Crippen molar-refractivity contribution in [3.8, 4) is 0 Å². The fraction of sp³-hybridized carbons (Fsp3) is 0. The highest BCUT2D eigenvalue weighted by Gasteiger charge is 2.09. The van der Waals surface area contributed by atoms with Crippen molar-refractivity contribution in [1.82, 2.24) is 4.98 Å². The molecule has 14 heavy (non-hydrogen) atoms. The second kappa shape index (κ2) is 4.03. The van der Waals surface area contributed by atoms with Crippen molar-refractivity contribution in [3.05, 3.63) is 34.1 Å². The molecule has 1 heterocycles. The van der Waals surface area contributed by atoms with Crippen LogP contribution in [0.3, 0.4) is 0 Å². The summed E-state index contributed by atoms with van der Waals surface area (Å²) in [4.78, 5) is 24.1. The Balaban J connectivity index is 2.94. The molecule has 0 saturated carbocycles. The molecular weight excluding hydrogens is 190 g/mol. The number of hydrogen-bond donors (Lipinski definition) is 1. The Morgan fingerprint density at radius 1 is 1.57 bits per heavy atom. The maximum atomic E-state index is 11.0. The van der Waals surface area contributed by atoms with Crippen molar-refractivity contribution >= 4 is 11.6 Å². The highest BCUT2D eigenvalue weighted by atomic mass is 16.6. The second-order valence-corrected chi connectivity index (χ2v) is 2.18. The lowest BCUT2D eigenvalue weighted by Crippen LogP contribution is -1.99. The molecule has 8 heteroatoms. The zero-order chi connectivity index (χ0) is 10.6. The van der Waals surface area contributed by atoms with E-state index in [0.29, 0.717) is 0 Å². The Kier molecular flexibility index (Phi) is 2.79. The molecule has 0 unspecified atom stereocenters. The molecule has 0 aliphatic heterocycles. The van der Waals surface area contributed by atoms with E-state index in [2.05, 4.69) is 21.2 Å². The van der Waals surface area contributed by atoms with E-state index in [4.69, 9.17) is 0 Å². The summed E-state index contributed by atoms with van der Waals surface area (Å²) in [5.41, 5.74) is -0.254. The third kappa shape index (κ3) is 2.06. The van der Waals surface area contributed by atoms with Crippen LogP contribution in [0, 0.1) is 10.1 Å². The molecule has 1 aromatic heterocycles. The summed E-state index contributed by atoms with van der Waals surface area (Å²) < 4.78 is 0. The second-order valence-electron chi connectivity index (χ2n) is 2.18. The average molecular weight is 195 g/mol. The summed E-state index contributed by atoms with van der Waals surface area (Å²) in [5.74, 6) is 3.90. The summed E-state index contributed by atoms with van der Waals surface area (Å²) in [6.45, 7) is 0. The number of rotatable bonds is 2. The minimum Gasteiger partial charge on any atom is -0.304 e. The quantitative estimate of drug-likeness (QED) is 0.317. The predicted octanol–water partition coefficient (Wildman–Crippen LogP) is 0.456.